The van der Waals surface area contributed by atoms with E-state index in [4.69, 9.17) is 0 Å². The van der Waals surface area contributed by atoms with Crippen molar-refractivity contribution < 1.29 is 0 Å². The fraction of sp³-hybridized carbons (Fsp3) is 0.571. The van der Waals surface area contributed by atoms with Crippen LogP contribution in [0, 0.1) is 0 Å². The lowest BCUT2D eigenvalue weighted by Gasteiger charge is -2.25. The molecule has 0 amide bonds. The molecule has 1 aromatic carbocycles. The van der Waals surface area contributed by atoms with E-state index in [9.17, 15) is 0 Å². The molecule has 1 aliphatic heterocycles. The number of benzene rings is 1. The number of hydrogen-bond acceptors (Lipinski definition) is 1. The van der Waals surface area contributed by atoms with Crippen molar-refractivity contribution in [1.29, 1.82) is 0 Å². The molecule has 0 bridgehead atoms. The van der Waals surface area contributed by atoms with Crippen molar-refractivity contribution in [2.24, 2.45) is 0 Å². The molecule has 1 aromatic rings. The van der Waals surface area contributed by atoms with E-state index >= 15 is 0 Å². The number of aryl methyl sites for hydroxylation is 1. The highest BCUT2D eigenvalue weighted by Crippen LogP contribution is 2.27. The SMILES string of the molecule is CCc1cc(Br)ccc1N1CCCCCC1. The lowest BCUT2D eigenvalue weighted by Crippen LogP contribution is -2.24. The highest BCUT2D eigenvalue weighted by Gasteiger charge is 2.12. The van der Waals surface area contributed by atoms with Gasteiger partial charge < -0.3 is 4.90 Å². The zero-order valence-corrected chi connectivity index (χ0v) is 11.6. The molecule has 0 aromatic heterocycles. The second kappa shape index (κ2) is 5.72. The molecule has 2 heteroatoms. The first-order valence-electron chi connectivity index (χ1n) is 6.34. The first-order chi connectivity index (χ1) is 7.81. The van der Waals surface area contributed by atoms with Crippen LogP contribution in [0.15, 0.2) is 22.7 Å². The first kappa shape index (κ1) is 12.0. The molecule has 0 radical (unpaired) electrons. The Balaban J connectivity index is 2.23. The second-order valence-corrected chi connectivity index (χ2v) is 5.44. The molecule has 2 rings (SSSR count). The van der Waals surface area contributed by atoms with Gasteiger partial charge in [0.1, 0.15) is 0 Å². The standard InChI is InChI=1S/C14H20BrN/c1-2-12-11-13(15)7-8-14(12)16-9-5-3-4-6-10-16/h7-8,11H,2-6,9-10H2,1H3. The van der Waals surface area contributed by atoms with Gasteiger partial charge in [0.15, 0.2) is 0 Å². The molecule has 1 nitrogen and oxygen atoms in total. The van der Waals surface area contributed by atoms with Gasteiger partial charge in [0.25, 0.3) is 0 Å². The summed E-state index contributed by atoms with van der Waals surface area (Å²) in [6.07, 6.45) is 6.60. The first-order valence-corrected chi connectivity index (χ1v) is 7.14. The Morgan fingerprint density at radius 3 is 2.44 bits per heavy atom. The average molecular weight is 282 g/mol. The van der Waals surface area contributed by atoms with E-state index in [0.717, 1.165) is 6.42 Å². The van der Waals surface area contributed by atoms with Gasteiger partial charge in [-0.15, -0.1) is 0 Å². The Hall–Kier alpha value is -0.500. The maximum absolute atomic E-state index is 3.56. The number of anilines is 1. The smallest absolute Gasteiger partial charge is 0.0399 e. The predicted molar refractivity (Wildman–Crippen MR) is 74.2 cm³/mol. The molecule has 0 unspecified atom stereocenters. The van der Waals surface area contributed by atoms with Crippen LogP contribution in [0.4, 0.5) is 5.69 Å². The van der Waals surface area contributed by atoms with Crippen LogP contribution in [-0.2, 0) is 6.42 Å². The van der Waals surface area contributed by atoms with Crippen LogP contribution in [0.1, 0.15) is 38.2 Å². The Morgan fingerprint density at radius 1 is 1.12 bits per heavy atom. The summed E-state index contributed by atoms with van der Waals surface area (Å²) >= 11 is 3.56. The molecule has 88 valence electrons. The fourth-order valence-electron chi connectivity index (χ4n) is 2.46. The largest absolute Gasteiger partial charge is 0.371 e. The maximum Gasteiger partial charge on any atom is 0.0399 e. The summed E-state index contributed by atoms with van der Waals surface area (Å²) in [6.45, 7) is 4.70. The van der Waals surface area contributed by atoms with Gasteiger partial charge in [-0.1, -0.05) is 35.7 Å². The lowest BCUT2D eigenvalue weighted by atomic mass is 10.1. The lowest BCUT2D eigenvalue weighted by molar-refractivity contribution is 0.726. The molecule has 1 fully saturated rings. The van der Waals surface area contributed by atoms with E-state index in [2.05, 4.69) is 46.0 Å². The highest BCUT2D eigenvalue weighted by atomic mass is 79.9. The Kier molecular flexibility index (Phi) is 4.28. The van der Waals surface area contributed by atoms with Gasteiger partial charge >= 0.3 is 0 Å². The molecule has 0 saturated carbocycles. The number of halogens is 1. The predicted octanol–water partition coefficient (Wildman–Crippen LogP) is 4.39. The molecular formula is C14H20BrN. The molecule has 0 spiro atoms. The second-order valence-electron chi connectivity index (χ2n) is 4.53. The summed E-state index contributed by atoms with van der Waals surface area (Å²) in [5.41, 5.74) is 2.92. The van der Waals surface area contributed by atoms with Crippen molar-refractivity contribution in [1.82, 2.24) is 0 Å². The summed E-state index contributed by atoms with van der Waals surface area (Å²) < 4.78 is 1.20. The minimum atomic E-state index is 1.12. The van der Waals surface area contributed by atoms with Gasteiger partial charge in [-0.25, -0.2) is 0 Å². The average Bonchev–Trinajstić information content (AvgIpc) is 2.57. The van der Waals surface area contributed by atoms with E-state index in [-0.39, 0.29) is 0 Å². The summed E-state index contributed by atoms with van der Waals surface area (Å²) in [5.74, 6) is 0. The summed E-state index contributed by atoms with van der Waals surface area (Å²) in [6, 6.07) is 6.70. The summed E-state index contributed by atoms with van der Waals surface area (Å²) in [7, 11) is 0. The van der Waals surface area contributed by atoms with Gasteiger partial charge in [-0.3, -0.25) is 0 Å². The van der Waals surface area contributed by atoms with Crippen LogP contribution in [0.25, 0.3) is 0 Å². The van der Waals surface area contributed by atoms with Crippen molar-refractivity contribution >= 4 is 21.6 Å². The molecule has 0 aliphatic carbocycles. The van der Waals surface area contributed by atoms with E-state index < -0.39 is 0 Å². The Labute approximate surface area is 107 Å². The number of rotatable bonds is 2. The minimum Gasteiger partial charge on any atom is -0.371 e. The molecule has 1 aliphatic rings. The van der Waals surface area contributed by atoms with Gasteiger partial charge in [0.05, 0.1) is 0 Å². The van der Waals surface area contributed by atoms with Crippen molar-refractivity contribution in [3.63, 3.8) is 0 Å². The van der Waals surface area contributed by atoms with Crippen molar-refractivity contribution in [3.8, 4) is 0 Å². The van der Waals surface area contributed by atoms with Crippen LogP contribution in [0.3, 0.4) is 0 Å². The van der Waals surface area contributed by atoms with Crippen LogP contribution < -0.4 is 4.90 Å². The normalized spacial score (nSPS) is 17.2. The molecule has 1 heterocycles. The molecule has 0 atom stereocenters. The monoisotopic (exact) mass is 281 g/mol. The van der Waals surface area contributed by atoms with E-state index in [1.807, 2.05) is 0 Å². The van der Waals surface area contributed by atoms with Crippen molar-refractivity contribution in [2.45, 2.75) is 39.0 Å². The van der Waals surface area contributed by atoms with Crippen LogP contribution in [0.2, 0.25) is 0 Å². The van der Waals surface area contributed by atoms with Gasteiger partial charge in [-0.05, 0) is 43.0 Å². The zero-order chi connectivity index (χ0) is 11.4. The third kappa shape index (κ3) is 2.79. The zero-order valence-electron chi connectivity index (χ0n) is 10.0. The number of hydrogen-bond donors (Lipinski definition) is 0. The van der Waals surface area contributed by atoms with Gasteiger partial charge in [-0.2, -0.15) is 0 Å². The Bertz CT molecular complexity index is 341. The summed E-state index contributed by atoms with van der Waals surface area (Å²) in [4.78, 5) is 2.57. The van der Waals surface area contributed by atoms with Gasteiger partial charge in [0.2, 0.25) is 0 Å². The van der Waals surface area contributed by atoms with Crippen LogP contribution >= 0.6 is 15.9 Å². The van der Waals surface area contributed by atoms with Crippen LogP contribution in [-0.4, -0.2) is 13.1 Å². The quantitative estimate of drug-likeness (QED) is 0.777. The topological polar surface area (TPSA) is 3.24 Å². The summed E-state index contributed by atoms with van der Waals surface area (Å²) in [5, 5.41) is 0. The molecule has 0 N–H and O–H groups in total. The van der Waals surface area contributed by atoms with E-state index in [1.54, 1.807) is 0 Å². The molecule has 16 heavy (non-hydrogen) atoms. The van der Waals surface area contributed by atoms with Gasteiger partial charge in [0, 0.05) is 23.2 Å². The van der Waals surface area contributed by atoms with E-state index in [0.29, 0.717) is 0 Å². The highest BCUT2D eigenvalue weighted by molar-refractivity contribution is 9.10. The molecular weight excluding hydrogens is 262 g/mol. The Morgan fingerprint density at radius 2 is 1.81 bits per heavy atom. The number of nitrogens with zero attached hydrogens (tertiary/aromatic N) is 1. The van der Waals surface area contributed by atoms with Crippen molar-refractivity contribution in [3.05, 3.63) is 28.2 Å². The minimum absolute atomic E-state index is 1.12. The third-order valence-electron chi connectivity index (χ3n) is 3.37. The van der Waals surface area contributed by atoms with E-state index in [1.165, 1.54) is 54.5 Å². The van der Waals surface area contributed by atoms with Crippen molar-refractivity contribution in [2.75, 3.05) is 18.0 Å². The molecule has 1 saturated heterocycles. The van der Waals surface area contributed by atoms with Crippen LogP contribution in [0.5, 0.6) is 0 Å². The maximum atomic E-state index is 3.56. The third-order valence-corrected chi connectivity index (χ3v) is 3.86. The fourth-order valence-corrected chi connectivity index (χ4v) is 2.87.